The molecule has 2 aromatic heterocycles. The number of fused-ring (bicyclic) bond motifs is 10. The minimum absolute atomic E-state index is 0.865. The molecule has 0 saturated heterocycles. The van der Waals surface area contributed by atoms with Crippen LogP contribution in [-0.4, -0.2) is 14.5 Å². The van der Waals surface area contributed by atoms with Gasteiger partial charge < -0.3 is 4.57 Å². The van der Waals surface area contributed by atoms with Gasteiger partial charge in [0.15, 0.2) is 0 Å². The van der Waals surface area contributed by atoms with Gasteiger partial charge in [0.25, 0.3) is 0 Å². The maximum absolute atomic E-state index is 5.24. The molecule has 0 atom stereocenters. The van der Waals surface area contributed by atoms with E-state index >= 15 is 0 Å². The Morgan fingerprint density at radius 3 is 1.53 bits per heavy atom. The van der Waals surface area contributed by atoms with Gasteiger partial charge in [-0.25, -0.2) is 4.98 Å². The molecule has 0 spiro atoms. The number of nitrogens with zero attached hydrogens (tertiary/aromatic N) is 3. The van der Waals surface area contributed by atoms with E-state index in [1.165, 1.54) is 71.3 Å². The molecule has 274 valence electrons. The lowest BCUT2D eigenvalue weighted by Crippen LogP contribution is -1.95. The average molecular weight is 750 g/mol. The molecule has 3 nitrogen and oxygen atoms in total. The highest BCUT2D eigenvalue weighted by molar-refractivity contribution is 6.23. The topological polar surface area (TPSA) is 30.7 Å². The Labute approximate surface area is 341 Å². The van der Waals surface area contributed by atoms with Gasteiger partial charge in [-0.15, -0.1) is 0 Å². The van der Waals surface area contributed by atoms with Crippen LogP contribution in [0.25, 0.3) is 115 Å². The molecule has 12 aromatic rings. The second kappa shape index (κ2) is 13.4. The molecule has 2 heterocycles. The predicted octanol–water partition coefficient (Wildman–Crippen LogP) is 14.9. The van der Waals surface area contributed by atoms with Crippen molar-refractivity contribution in [3.05, 3.63) is 212 Å². The SMILES string of the molecule is c1cc(-c2ccc(-c3cccc(-c4cnc5c6ccccc6c6ccccc6c5n4)c3)cc2)cc(-c2ccc3c4ccccc4n(-c4cccc5ccccc45)c3c2)c1. The Kier molecular flexibility index (Phi) is 7.54. The lowest BCUT2D eigenvalue weighted by molar-refractivity contribution is 1.20. The van der Waals surface area contributed by atoms with Crippen LogP contribution in [0.4, 0.5) is 0 Å². The molecule has 0 N–H and O–H groups in total. The monoisotopic (exact) mass is 749 g/mol. The Morgan fingerprint density at radius 1 is 0.305 bits per heavy atom. The first-order chi connectivity index (χ1) is 29.2. The number of aromatic nitrogens is 3. The van der Waals surface area contributed by atoms with Crippen molar-refractivity contribution in [3.8, 4) is 50.3 Å². The standard InChI is InChI=1S/C56H35N3/c1-2-18-44-38(12-1)13-11-25-52(44)59-53-24-8-7-21-47(53)48-31-30-42(34-54(48)59)41-16-9-14-39(32-41)36-26-28-37(29-27-36)40-15-10-17-43(33-40)51-35-57-55-49-22-5-3-19-45(49)46-20-4-6-23-50(46)56(55)58-51/h1-35H. The second-order valence-corrected chi connectivity index (χ2v) is 15.4. The van der Waals surface area contributed by atoms with E-state index in [1.807, 2.05) is 6.20 Å². The first-order valence-electron chi connectivity index (χ1n) is 20.1. The van der Waals surface area contributed by atoms with Crippen molar-refractivity contribution >= 4 is 65.2 Å². The minimum atomic E-state index is 0.865. The van der Waals surface area contributed by atoms with Crippen molar-refractivity contribution in [1.29, 1.82) is 0 Å². The summed E-state index contributed by atoms with van der Waals surface area (Å²) < 4.78 is 2.43. The Hall–Kier alpha value is -7.88. The van der Waals surface area contributed by atoms with Gasteiger partial charge in [0, 0.05) is 32.5 Å². The van der Waals surface area contributed by atoms with E-state index in [0.717, 1.165) is 44.2 Å². The number of hydrogen-bond acceptors (Lipinski definition) is 2. The van der Waals surface area contributed by atoms with E-state index in [1.54, 1.807) is 0 Å². The summed E-state index contributed by atoms with van der Waals surface area (Å²) in [7, 11) is 0. The summed E-state index contributed by atoms with van der Waals surface area (Å²) in [6, 6.07) is 74.4. The predicted molar refractivity (Wildman–Crippen MR) is 248 cm³/mol. The number of hydrogen-bond donors (Lipinski definition) is 0. The highest BCUT2D eigenvalue weighted by Gasteiger charge is 2.16. The van der Waals surface area contributed by atoms with Gasteiger partial charge in [-0.3, -0.25) is 4.98 Å². The minimum Gasteiger partial charge on any atom is -0.309 e. The largest absolute Gasteiger partial charge is 0.309 e. The lowest BCUT2D eigenvalue weighted by Gasteiger charge is -2.12. The average Bonchev–Trinajstić information content (AvgIpc) is 3.65. The summed E-state index contributed by atoms with van der Waals surface area (Å²) in [6.07, 6.45) is 1.92. The zero-order valence-electron chi connectivity index (χ0n) is 32.0. The fourth-order valence-corrected chi connectivity index (χ4v) is 9.17. The summed E-state index contributed by atoms with van der Waals surface area (Å²) in [4.78, 5) is 10.2. The molecule has 0 aliphatic carbocycles. The molecule has 3 heteroatoms. The molecule has 12 rings (SSSR count). The van der Waals surface area contributed by atoms with E-state index in [0.29, 0.717) is 0 Å². The van der Waals surface area contributed by atoms with Gasteiger partial charge in [0.05, 0.1) is 39.6 Å². The molecule has 10 aromatic carbocycles. The zero-order chi connectivity index (χ0) is 38.9. The molecule has 0 fully saturated rings. The first-order valence-corrected chi connectivity index (χ1v) is 20.1. The lowest BCUT2D eigenvalue weighted by atomic mass is 9.96. The molecule has 59 heavy (non-hydrogen) atoms. The van der Waals surface area contributed by atoms with Crippen molar-refractivity contribution in [2.24, 2.45) is 0 Å². The normalized spacial score (nSPS) is 11.7. The van der Waals surface area contributed by atoms with Crippen LogP contribution >= 0.6 is 0 Å². The molecule has 0 unspecified atom stereocenters. The first kappa shape index (κ1) is 33.3. The molecular formula is C56H35N3. The van der Waals surface area contributed by atoms with Crippen LogP contribution in [0.1, 0.15) is 0 Å². The fourth-order valence-electron chi connectivity index (χ4n) is 9.17. The maximum atomic E-state index is 5.24. The van der Waals surface area contributed by atoms with Crippen molar-refractivity contribution < 1.29 is 0 Å². The number of para-hydroxylation sites is 1. The third-order valence-corrected chi connectivity index (χ3v) is 12.0. The molecule has 0 aliphatic rings. The Bertz CT molecular complexity index is 3570. The summed E-state index contributed by atoms with van der Waals surface area (Å²) in [5, 5.41) is 9.64. The molecule has 0 saturated carbocycles. The molecule has 0 radical (unpaired) electrons. The third kappa shape index (κ3) is 5.44. The van der Waals surface area contributed by atoms with Gasteiger partial charge in [0.1, 0.15) is 0 Å². The quantitative estimate of drug-likeness (QED) is 0.164. The highest BCUT2D eigenvalue weighted by atomic mass is 15.0. The number of rotatable bonds is 5. The van der Waals surface area contributed by atoms with E-state index < -0.39 is 0 Å². The van der Waals surface area contributed by atoms with E-state index in [2.05, 4.69) is 211 Å². The van der Waals surface area contributed by atoms with Gasteiger partial charge in [0.2, 0.25) is 0 Å². The van der Waals surface area contributed by atoms with Crippen LogP contribution < -0.4 is 0 Å². The van der Waals surface area contributed by atoms with Crippen LogP contribution in [0.5, 0.6) is 0 Å². The zero-order valence-corrected chi connectivity index (χ0v) is 32.0. The van der Waals surface area contributed by atoms with Crippen LogP contribution in [0, 0.1) is 0 Å². The molecule has 0 amide bonds. The summed E-state index contributed by atoms with van der Waals surface area (Å²) in [5.41, 5.74) is 14.4. The maximum Gasteiger partial charge on any atom is 0.0979 e. The van der Waals surface area contributed by atoms with E-state index in [-0.39, 0.29) is 0 Å². The third-order valence-electron chi connectivity index (χ3n) is 12.0. The fraction of sp³-hybridized carbons (Fsp3) is 0. The smallest absolute Gasteiger partial charge is 0.0979 e. The molecule has 0 aliphatic heterocycles. The van der Waals surface area contributed by atoms with Gasteiger partial charge in [-0.05, 0) is 79.9 Å². The second-order valence-electron chi connectivity index (χ2n) is 15.4. The Morgan fingerprint density at radius 2 is 0.797 bits per heavy atom. The summed E-state index contributed by atoms with van der Waals surface area (Å²) in [6.45, 7) is 0. The van der Waals surface area contributed by atoms with Gasteiger partial charge in [-0.1, -0.05) is 176 Å². The molecule has 0 bridgehead atoms. The number of benzene rings is 10. The van der Waals surface area contributed by atoms with Crippen LogP contribution in [-0.2, 0) is 0 Å². The summed E-state index contributed by atoms with van der Waals surface area (Å²) >= 11 is 0. The van der Waals surface area contributed by atoms with Crippen molar-refractivity contribution in [1.82, 2.24) is 14.5 Å². The van der Waals surface area contributed by atoms with E-state index in [4.69, 9.17) is 9.97 Å². The van der Waals surface area contributed by atoms with Crippen molar-refractivity contribution in [3.63, 3.8) is 0 Å². The Balaban J connectivity index is 0.888. The molecular weight excluding hydrogens is 715 g/mol. The van der Waals surface area contributed by atoms with E-state index in [9.17, 15) is 0 Å². The highest BCUT2D eigenvalue weighted by Crippen LogP contribution is 2.39. The van der Waals surface area contributed by atoms with Gasteiger partial charge in [-0.2, -0.15) is 0 Å². The summed E-state index contributed by atoms with van der Waals surface area (Å²) in [5.74, 6) is 0. The van der Waals surface area contributed by atoms with Crippen LogP contribution in [0.3, 0.4) is 0 Å². The van der Waals surface area contributed by atoms with Gasteiger partial charge >= 0.3 is 0 Å². The van der Waals surface area contributed by atoms with Crippen LogP contribution in [0.2, 0.25) is 0 Å². The van der Waals surface area contributed by atoms with Crippen molar-refractivity contribution in [2.75, 3.05) is 0 Å². The van der Waals surface area contributed by atoms with Crippen LogP contribution in [0.15, 0.2) is 212 Å². The van der Waals surface area contributed by atoms with Crippen molar-refractivity contribution in [2.45, 2.75) is 0 Å².